The lowest BCUT2D eigenvalue weighted by Crippen LogP contribution is -2.16. The Morgan fingerprint density at radius 1 is 1.14 bits per heavy atom. The molecule has 112 valence electrons. The Bertz CT molecular complexity index is 773. The number of aromatic nitrogens is 4. The van der Waals surface area contributed by atoms with E-state index in [-0.39, 0.29) is 11.9 Å². The highest BCUT2D eigenvalue weighted by Crippen LogP contribution is 2.15. The lowest BCUT2D eigenvalue weighted by Gasteiger charge is -2.11. The highest BCUT2D eigenvalue weighted by atomic mass is 16.1. The van der Waals surface area contributed by atoms with E-state index >= 15 is 0 Å². The fraction of sp³-hybridized carbons (Fsp3) is 0.188. The summed E-state index contributed by atoms with van der Waals surface area (Å²) in [6.07, 6.45) is 4.93. The maximum Gasteiger partial charge on any atom is 0.260 e. The minimum absolute atomic E-state index is 0.178. The lowest BCUT2D eigenvalue weighted by atomic mass is 10.3. The molecule has 2 heterocycles. The standard InChI is InChI=1S/C16H17N5O/c1-12(2)21-15(8-9-17-21)19-16(22)13-10-18-20(11-13)14-6-4-3-5-7-14/h3-12H,1-2H3,(H,19,22). The number of rotatable bonds is 4. The zero-order valence-corrected chi connectivity index (χ0v) is 12.5. The summed E-state index contributed by atoms with van der Waals surface area (Å²) in [4.78, 5) is 12.3. The fourth-order valence-corrected chi connectivity index (χ4v) is 2.18. The van der Waals surface area contributed by atoms with Gasteiger partial charge in [0, 0.05) is 18.3 Å². The first kappa shape index (κ1) is 14.1. The number of benzene rings is 1. The van der Waals surface area contributed by atoms with Crippen LogP contribution in [-0.4, -0.2) is 25.5 Å². The average molecular weight is 295 g/mol. The maximum atomic E-state index is 12.3. The van der Waals surface area contributed by atoms with Gasteiger partial charge in [0.2, 0.25) is 0 Å². The first-order valence-electron chi connectivity index (χ1n) is 7.10. The molecule has 1 N–H and O–H groups in total. The first-order valence-corrected chi connectivity index (χ1v) is 7.10. The van der Waals surface area contributed by atoms with Crippen LogP contribution in [0.4, 0.5) is 5.82 Å². The highest BCUT2D eigenvalue weighted by Gasteiger charge is 2.13. The molecule has 3 rings (SSSR count). The topological polar surface area (TPSA) is 64.7 Å². The maximum absolute atomic E-state index is 12.3. The molecule has 0 radical (unpaired) electrons. The van der Waals surface area contributed by atoms with Crippen LogP contribution in [0.15, 0.2) is 55.0 Å². The molecular formula is C16H17N5O. The second kappa shape index (κ2) is 5.85. The van der Waals surface area contributed by atoms with Gasteiger partial charge in [0.25, 0.3) is 5.91 Å². The minimum Gasteiger partial charge on any atom is -0.307 e. The molecule has 6 heteroatoms. The summed E-state index contributed by atoms with van der Waals surface area (Å²) in [5, 5.41) is 11.3. The van der Waals surface area contributed by atoms with Crippen molar-refractivity contribution in [2.75, 3.05) is 5.32 Å². The van der Waals surface area contributed by atoms with Gasteiger partial charge in [-0.3, -0.25) is 4.79 Å². The van der Waals surface area contributed by atoms with Crippen LogP contribution in [0, 0.1) is 0 Å². The molecule has 1 aromatic carbocycles. The molecule has 2 aromatic heterocycles. The number of anilines is 1. The van der Waals surface area contributed by atoms with Crippen LogP contribution in [0.5, 0.6) is 0 Å². The van der Waals surface area contributed by atoms with Crippen molar-refractivity contribution in [2.45, 2.75) is 19.9 Å². The molecule has 3 aromatic rings. The van der Waals surface area contributed by atoms with E-state index in [0.29, 0.717) is 11.4 Å². The van der Waals surface area contributed by atoms with Gasteiger partial charge in [0.05, 0.1) is 23.6 Å². The van der Waals surface area contributed by atoms with E-state index in [0.717, 1.165) is 5.69 Å². The van der Waals surface area contributed by atoms with E-state index in [9.17, 15) is 4.79 Å². The van der Waals surface area contributed by atoms with Crippen LogP contribution in [0.2, 0.25) is 0 Å². The van der Waals surface area contributed by atoms with Gasteiger partial charge < -0.3 is 5.32 Å². The van der Waals surface area contributed by atoms with Gasteiger partial charge in [-0.15, -0.1) is 0 Å². The molecule has 0 saturated heterocycles. The molecule has 0 aliphatic heterocycles. The Morgan fingerprint density at radius 3 is 2.64 bits per heavy atom. The van der Waals surface area contributed by atoms with Crippen LogP contribution < -0.4 is 5.32 Å². The van der Waals surface area contributed by atoms with Crippen molar-refractivity contribution in [3.8, 4) is 5.69 Å². The van der Waals surface area contributed by atoms with Crippen molar-refractivity contribution >= 4 is 11.7 Å². The Labute approximate surface area is 128 Å². The van der Waals surface area contributed by atoms with Gasteiger partial charge in [-0.05, 0) is 26.0 Å². The zero-order valence-electron chi connectivity index (χ0n) is 12.5. The number of para-hydroxylation sites is 1. The molecule has 0 fully saturated rings. The normalized spacial score (nSPS) is 10.9. The van der Waals surface area contributed by atoms with Crippen molar-refractivity contribution in [3.05, 3.63) is 60.6 Å². The molecule has 6 nitrogen and oxygen atoms in total. The van der Waals surface area contributed by atoms with E-state index in [1.54, 1.807) is 34.0 Å². The molecule has 0 atom stereocenters. The fourth-order valence-electron chi connectivity index (χ4n) is 2.18. The summed E-state index contributed by atoms with van der Waals surface area (Å²) in [6, 6.07) is 11.6. The zero-order chi connectivity index (χ0) is 15.5. The van der Waals surface area contributed by atoms with Gasteiger partial charge >= 0.3 is 0 Å². The van der Waals surface area contributed by atoms with Crippen LogP contribution in [0.3, 0.4) is 0 Å². The van der Waals surface area contributed by atoms with Gasteiger partial charge in [-0.1, -0.05) is 18.2 Å². The van der Waals surface area contributed by atoms with E-state index in [2.05, 4.69) is 15.5 Å². The quantitative estimate of drug-likeness (QED) is 0.805. The number of amides is 1. The van der Waals surface area contributed by atoms with Crippen molar-refractivity contribution in [3.63, 3.8) is 0 Å². The van der Waals surface area contributed by atoms with Crippen LogP contribution in [-0.2, 0) is 0 Å². The Morgan fingerprint density at radius 2 is 1.91 bits per heavy atom. The smallest absolute Gasteiger partial charge is 0.260 e. The number of hydrogen-bond acceptors (Lipinski definition) is 3. The number of carbonyl (C=O) groups excluding carboxylic acids is 1. The van der Waals surface area contributed by atoms with Gasteiger partial charge in [-0.2, -0.15) is 10.2 Å². The third kappa shape index (κ3) is 2.76. The van der Waals surface area contributed by atoms with Crippen LogP contribution >= 0.6 is 0 Å². The summed E-state index contributed by atoms with van der Waals surface area (Å²) < 4.78 is 3.44. The SMILES string of the molecule is CC(C)n1nccc1NC(=O)c1cnn(-c2ccccc2)c1. The second-order valence-electron chi connectivity index (χ2n) is 5.22. The van der Waals surface area contributed by atoms with Gasteiger partial charge in [0.15, 0.2) is 0 Å². The summed E-state index contributed by atoms with van der Waals surface area (Å²) >= 11 is 0. The lowest BCUT2D eigenvalue weighted by molar-refractivity contribution is 0.102. The molecule has 0 spiro atoms. The van der Waals surface area contributed by atoms with E-state index in [4.69, 9.17) is 0 Å². The molecule has 22 heavy (non-hydrogen) atoms. The molecule has 0 aliphatic carbocycles. The van der Waals surface area contributed by atoms with Crippen molar-refractivity contribution in [1.29, 1.82) is 0 Å². The predicted octanol–water partition coefficient (Wildman–Crippen LogP) is 2.90. The largest absolute Gasteiger partial charge is 0.307 e. The molecule has 0 unspecified atom stereocenters. The van der Waals surface area contributed by atoms with Crippen LogP contribution in [0.1, 0.15) is 30.2 Å². The minimum atomic E-state index is -0.204. The molecule has 0 aliphatic rings. The van der Waals surface area contributed by atoms with E-state index in [1.165, 1.54) is 0 Å². The third-order valence-electron chi connectivity index (χ3n) is 3.27. The predicted molar refractivity (Wildman–Crippen MR) is 84.1 cm³/mol. The number of hydrogen-bond donors (Lipinski definition) is 1. The summed E-state index contributed by atoms with van der Waals surface area (Å²) in [6.45, 7) is 4.02. The number of nitrogens with one attached hydrogen (secondary N) is 1. The highest BCUT2D eigenvalue weighted by molar-refractivity contribution is 6.03. The number of nitrogens with zero attached hydrogens (tertiary/aromatic N) is 4. The first-order chi connectivity index (χ1) is 10.6. The monoisotopic (exact) mass is 295 g/mol. The summed E-state index contributed by atoms with van der Waals surface area (Å²) in [5.41, 5.74) is 1.41. The molecular weight excluding hydrogens is 278 g/mol. The summed E-state index contributed by atoms with van der Waals surface area (Å²) in [5.74, 6) is 0.469. The average Bonchev–Trinajstić information content (AvgIpc) is 3.17. The van der Waals surface area contributed by atoms with E-state index in [1.807, 2.05) is 44.2 Å². The van der Waals surface area contributed by atoms with Gasteiger partial charge in [-0.25, -0.2) is 9.36 Å². The Balaban J connectivity index is 1.79. The second-order valence-corrected chi connectivity index (χ2v) is 5.22. The van der Waals surface area contributed by atoms with Crippen LogP contribution in [0.25, 0.3) is 5.69 Å². The van der Waals surface area contributed by atoms with Gasteiger partial charge in [0.1, 0.15) is 5.82 Å². The number of carbonyl (C=O) groups is 1. The Hall–Kier alpha value is -2.89. The summed E-state index contributed by atoms with van der Waals surface area (Å²) in [7, 11) is 0. The van der Waals surface area contributed by atoms with E-state index < -0.39 is 0 Å². The molecule has 0 saturated carbocycles. The van der Waals surface area contributed by atoms with Crippen molar-refractivity contribution < 1.29 is 4.79 Å². The molecule has 1 amide bonds. The molecule has 0 bridgehead atoms. The third-order valence-corrected chi connectivity index (χ3v) is 3.27. The van der Waals surface area contributed by atoms with Crippen molar-refractivity contribution in [1.82, 2.24) is 19.6 Å². The Kier molecular flexibility index (Phi) is 3.74. The van der Waals surface area contributed by atoms with Crippen molar-refractivity contribution in [2.24, 2.45) is 0 Å².